The highest BCUT2D eigenvalue weighted by Crippen LogP contribution is 2.12. The van der Waals surface area contributed by atoms with E-state index >= 15 is 0 Å². The summed E-state index contributed by atoms with van der Waals surface area (Å²) in [6.45, 7) is 1.89. The van der Waals surface area contributed by atoms with Gasteiger partial charge < -0.3 is 4.74 Å². The molecule has 0 amide bonds. The predicted molar refractivity (Wildman–Crippen MR) is 69.9 cm³/mol. The van der Waals surface area contributed by atoms with Crippen LogP contribution in [-0.2, 0) is 25.1 Å². The van der Waals surface area contributed by atoms with Crippen molar-refractivity contribution in [3.8, 4) is 6.07 Å². The number of nitrogens with zero attached hydrogens (tertiary/aromatic N) is 1. The molecule has 0 aliphatic heterocycles. The Morgan fingerprint density at radius 2 is 2.05 bits per heavy atom. The molecule has 0 saturated heterocycles. The molecule has 102 valence electrons. The number of carbonyl (C=O) groups is 1. The van der Waals surface area contributed by atoms with Crippen LogP contribution in [0.15, 0.2) is 24.3 Å². The van der Waals surface area contributed by atoms with Gasteiger partial charge in [0.2, 0.25) is 0 Å². The molecule has 19 heavy (non-hydrogen) atoms. The van der Waals surface area contributed by atoms with Crippen LogP contribution in [0, 0.1) is 11.3 Å². The third kappa shape index (κ3) is 5.10. The molecule has 0 radical (unpaired) electrons. The number of nitriles is 1. The van der Waals surface area contributed by atoms with Crippen molar-refractivity contribution in [1.29, 1.82) is 5.26 Å². The molecule has 5 nitrogen and oxygen atoms in total. The lowest BCUT2D eigenvalue weighted by atomic mass is 10.1. The second-order valence-electron chi connectivity index (χ2n) is 3.92. The highest BCUT2D eigenvalue weighted by Gasteiger charge is 2.16. The molecule has 0 heterocycles. The maximum absolute atomic E-state index is 11.9. The second-order valence-corrected chi connectivity index (χ2v) is 6.10. The van der Waals surface area contributed by atoms with Crippen molar-refractivity contribution in [3.05, 3.63) is 35.4 Å². The third-order valence-corrected chi connectivity index (χ3v) is 4.01. The largest absolute Gasteiger partial charge is 0.466 e. The van der Waals surface area contributed by atoms with Crippen LogP contribution in [0.25, 0.3) is 0 Å². The Hall–Kier alpha value is -1.87. The van der Waals surface area contributed by atoms with E-state index in [-0.39, 0.29) is 24.5 Å². The number of rotatable bonds is 6. The van der Waals surface area contributed by atoms with E-state index in [1.807, 2.05) is 6.07 Å². The van der Waals surface area contributed by atoms with Gasteiger partial charge in [0, 0.05) is 0 Å². The summed E-state index contributed by atoms with van der Waals surface area (Å²) < 4.78 is 28.4. The van der Waals surface area contributed by atoms with Gasteiger partial charge in [-0.3, -0.25) is 4.79 Å². The quantitative estimate of drug-likeness (QED) is 0.736. The van der Waals surface area contributed by atoms with Gasteiger partial charge in [-0.2, -0.15) is 5.26 Å². The Balaban J connectivity index is 2.70. The monoisotopic (exact) mass is 281 g/mol. The lowest BCUT2D eigenvalue weighted by molar-refractivity contribution is -0.142. The van der Waals surface area contributed by atoms with Gasteiger partial charge in [0.05, 0.1) is 36.2 Å². The van der Waals surface area contributed by atoms with Crippen LogP contribution in [0.4, 0.5) is 0 Å². The van der Waals surface area contributed by atoms with Gasteiger partial charge in [-0.05, 0) is 18.6 Å². The van der Waals surface area contributed by atoms with Crippen LogP contribution < -0.4 is 0 Å². The first kappa shape index (κ1) is 15.2. The number of sulfone groups is 1. The van der Waals surface area contributed by atoms with Gasteiger partial charge in [-0.15, -0.1) is 0 Å². The summed E-state index contributed by atoms with van der Waals surface area (Å²) in [5, 5.41) is 8.88. The average Bonchev–Trinajstić information content (AvgIpc) is 2.37. The lowest BCUT2D eigenvalue weighted by Gasteiger charge is -2.06. The number of carbonyl (C=O) groups excluding carboxylic acids is 1. The topological polar surface area (TPSA) is 84.2 Å². The Kier molecular flexibility index (Phi) is 5.52. The Labute approximate surface area is 112 Å². The molecule has 0 aromatic heterocycles. The van der Waals surface area contributed by atoms with Crippen LogP contribution in [0.1, 0.15) is 24.5 Å². The van der Waals surface area contributed by atoms with Gasteiger partial charge in [-0.1, -0.05) is 18.2 Å². The molecule has 0 atom stereocenters. The summed E-state index contributed by atoms with van der Waals surface area (Å²) in [4.78, 5) is 11.1. The Morgan fingerprint density at radius 1 is 1.37 bits per heavy atom. The van der Waals surface area contributed by atoms with Crippen LogP contribution in [0.3, 0.4) is 0 Å². The summed E-state index contributed by atoms with van der Waals surface area (Å²) in [5.41, 5.74) is 0.788. The first-order valence-electron chi connectivity index (χ1n) is 5.82. The molecule has 1 aromatic rings. The van der Waals surface area contributed by atoms with Gasteiger partial charge in [0.1, 0.15) is 0 Å². The van der Waals surface area contributed by atoms with Crippen molar-refractivity contribution in [2.24, 2.45) is 0 Å². The van der Waals surface area contributed by atoms with E-state index in [1.54, 1.807) is 31.2 Å². The van der Waals surface area contributed by atoms with E-state index in [0.29, 0.717) is 11.1 Å². The molecule has 0 spiro atoms. The van der Waals surface area contributed by atoms with Crippen molar-refractivity contribution in [2.75, 3.05) is 12.4 Å². The number of hydrogen-bond acceptors (Lipinski definition) is 5. The summed E-state index contributed by atoms with van der Waals surface area (Å²) in [7, 11) is -3.43. The zero-order valence-corrected chi connectivity index (χ0v) is 11.4. The fraction of sp³-hybridized carbons (Fsp3) is 0.385. The molecule has 0 aliphatic carbocycles. The predicted octanol–water partition coefficient (Wildman–Crippen LogP) is 1.43. The van der Waals surface area contributed by atoms with Gasteiger partial charge in [-0.25, -0.2) is 8.42 Å². The van der Waals surface area contributed by atoms with E-state index in [4.69, 9.17) is 5.26 Å². The first-order chi connectivity index (χ1) is 8.98. The molecular formula is C13H15NO4S. The average molecular weight is 281 g/mol. The summed E-state index contributed by atoms with van der Waals surface area (Å²) in [6.07, 6.45) is -0.162. The Morgan fingerprint density at radius 3 is 2.68 bits per heavy atom. The van der Waals surface area contributed by atoms with E-state index in [2.05, 4.69) is 4.74 Å². The molecule has 0 saturated carbocycles. The molecule has 0 fully saturated rings. The van der Waals surface area contributed by atoms with E-state index in [0.717, 1.165) is 0 Å². The van der Waals surface area contributed by atoms with Gasteiger partial charge >= 0.3 is 5.97 Å². The molecule has 0 N–H and O–H groups in total. The second kappa shape index (κ2) is 6.90. The zero-order valence-electron chi connectivity index (χ0n) is 10.6. The van der Waals surface area contributed by atoms with Gasteiger partial charge in [0.25, 0.3) is 0 Å². The summed E-state index contributed by atoms with van der Waals surface area (Å²) in [5.74, 6) is -1.04. The van der Waals surface area contributed by atoms with Crippen LogP contribution in [-0.4, -0.2) is 26.7 Å². The van der Waals surface area contributed by atoms with Crippen molar-refractivity contribution < 1.29 is 17.9 Å². The van der Waals surface area contributed by atoms with Crippen LogP contribution in [0.2, 0.25) is 0 Å². The third-order valence-electron chi connectivity index (χ3n) is 2.44. The lowest BCUT2D eigenvalue weighted by Crippen LogP contribution is -2.15. The molecule has 1 rings (SSSR count). The van der Waals surface area contributed by atoms with Crippen LogP contribution >= 0.6 is 0 Å². The highest BCUT2D eigenvalue weighted by molar-refractivity contribution is 7.90. The minimum atomic E-state index is -3.43. The number of ether oxygens (including phenoxy) is 1. The normalized spacial score (nSPS) is 10.7. The SMILES string of the molecule is CCOC(=O)CCS(=O)(=O)Cc1ccccc1C#N. The molecule has 0 bridgehead atoms. The maximum Gasteiger partial charge on any atom is 0.306 e. The zero-order chi connectivity index (χ0) is 14.3. The molecule has 0 aliphatic rings. The van der Waals surface area contributed by atoms with Crippen molar-refractivity contribution >= 4 is 15.8 Å². The number of hydrogen-bond donors (Lipinski definition) is 0. The van der Waals surface area contributed by atoms with E-state index in [9.17, 15) is 13.2 Å². The fourth-order valence-corrected chi connectivity index (χ4v) is 2.88. The minimum absolute atomic E-state index is 0.162. The Bertz CT molecular complexity index is 587. The highest BCUT2D eigenvalue weighted by atomic mass is 32.2. The fourth-order valence-electron chi connectivity index (χ4n) is 1.54. The van der Waals surface area contributed by atoms with Crippen LogP contribution in [0.5, 0.6) is 0 Å². The summed E-state index contributed by atoms with van der Waals surface area (Å²) >= 11 is 0. The minimum Gasteiger partial charge on any atom is -0.466 e. The standard InChI is InChI=1S/C13H15NO4S/c1-2-18-13(15)7-8-19(16,17)10-12-6-4-3-5-11(12)9-14/h3-6H,2,7-8,10H2,1H3. The smallest absolute Gasteiger partial charge is 0.306 e. The molecule has 1 aromatic carbocycles. The van der Waals surface area contributed by atoms with Crippen molar-refractivity contribution in [3.63, 3.8) is 0 Å². The maximum atomic E-state index is 11.9. The number of benzene rings is 1. The first-order valence-corrected chi connectivity index (χ1v) is 7.64. The molecular weight excluding hydrogens is 266 g/mol. The van der Waals surface area contributed by atoms with Gasteiger partial charge in [0.15, 0.2) is 9.84 Å². The number of esters is 1. The summed E-state index contributed by atoms with van der Waals surface area (Å²) in [6, 6.07) is 8.46. The van der Waals surface area contributed by atoms with E-state index in [1.165, 1.54) is 0 Å². The van der Waals surface area contributed by atoms with Crippen molar-refractivity contribution in [1.82, 2.24) is 0 Å². The van der Waals surface area contributed by atoms with E-state index < -0.39 is 15.8 Å². The van der Waals surface area contributed by atoms with Crippen molar-refractivity contribution in [2.45, 2.75) is 19.1 Å². The molecule has 0 unspecified atom stereocenters. The molecule has 6 heteroatoms.